The summed E-state index contributed by atoms with van der Waals surface area (Å²) >= 11 is 0. The molecule has 102 valence electrons. The lowest BCUT2D eigenvalue weighted by atomic mass is 10.3. The maximum atomic E-state index is 11.8. The molecule has 0 aliphatic heterocycles. The van der Waals surface area contributed by atoms with Gasteiger partial charge < -0.3 is 14.4 Å². The van der Waals surface area contributed by atoms with Gasteiger partial charge in [-0.1, -0.05) is 24.8 Å². The number of esters is 1. The molecule has 0 aromatic heterocycles. The van der Waals surface area contributed by atoms with E-state index in [1.807, 2.05) is 13.0 Å². The Morgan fingerprint density at radius 1 is 1.32 bits per heavy atom. The van der Waals surface area contributed by atoms with E-state index >= 15 is 0 Å². The summed E-state index contributed by atoms with van der Waals surface area (Å²) in [6, 6.07) is 8.80. The number of para-hydroxylation sites is 1. The molecule has 1 amide bonds. The minimum atomic E-state index is -0.507. The topological polar surface area (TPSA) is 55.8 Å². The monoisotopic (exact) mass is 263 g/mol. The smallest absolute Gasteiger partial charge is 0.415 e. The van der Waals surface area contributed by atoms with Gasteiger partial charge in [0.2, 0.25) is 0 Å². The number of amides is 1. The molecule has 0 radical (unpaired) electrons. The molecular weight excluding hydrogens is 246 g/mol. The molecule has 0 fully saturated rings. The minimum Gasteiger partial charge on any atom is -0.461 e. The normalized spacial score (nSPS) is 9.53. The lowest BCUT2D eigenvalue weighted by Crippen LogP contribution is -2.36. The standard InChI is InChI=1S/C14H17NO4/c1-3-13(16)18-11-10-15(4-2)14(17)19-12-8-6-5-7-9-12/h3,5-9H,1,4,10-11H2,2H3. The fourth-order valence-corrected chi connectivity index (χ4v) is 1.35. The van der Waals surface area contributed by atoms with Crippen molar-refractivity contribution in [2.24, 2.45) is 0 Å². The molecule has 1 aromatic rings. The number of hydrogen-bond donors (Lipinski definition) is 0. The van der Waals surface area contributed by atoms with Crippen LogP contribution in [0.3, 0.4) is 0 Å². The summed E-state index contributed by atoms with van der Waals surface area (Å²) in [6.45, 7) is 5.97. The summed E-state index contributed by atoms with van der Waals surface area (Å²) in [5.41, 5.74) is 0. The lowest BCUT2D eigenvalue weighted by molar-refractivity contribution is -0.138. The Bertz CT molecular complexity index is 430. The third-order valence-corrected chi connectivity index (χ3v) is 2.36. The summed E-state index contributed by atoms with van der Waals surface area (Å²) in [6.07, 6.45) is 0.613. The molecule has 0 aliphatic rings. The van der Waals surface area contributed by atoms with Crippen molar-refractivity contribution in [1.29, 1.82) is 0 Å². The Labute approximate surface area is 112 Å². The molecule has 0 heterocycles. The van der Waals surface area contributed by atoms with Gasteiger partial charge in [-0.25, -0.2) is 9.59 Å². The second-order valence-electron chi connectivity index (χ2n) is 3.63. The second-order valence-corrected chi connectivity index (χ2v) is 3.63. The van der Waals surface area contributed by atoms with Crippen molar-refractivity contribution in [1.82, 2.24) is 4.90 Å². The molecule has 5 nitrogen and oxygen atoms in total. The molecular formula is C14H17NO4. The average Bonchev–Trinajstić information content (AvgIpc) is 2.44. The van der Waals surface area contributed by atoms with Crippen LogP contribution in [0.4, 0.5) is 4.79 Å². The Morgan fingerprint density at radius 3 is 2.58 bits per heavy atom. The van der Waals surface area contributed by atoms with Gasteiger partial charge in [-0.05, 0) is 19.1 Å². The zero-order chi connectivity index (χ0) is 14.1. The molecule has 0 unspecified atom stereocenters. The van der Waals surface area contributed by atoms with Crippen LogP contribution in [0.15, 0.2) is 43.0 Å². The molecule has 1 rings (SSSR count). The Balaban J connectivity index is 2.43. The van der Waals surface area contributed by atoms with Crippen LogP contribution in [0.2, 0.25) is 0 Å². The summed E-state index contributed by atoms with van der Waals surface area (Å²) in [7, 11) is 0. The highest BCUT2D eigenvalue weighted by atomic mass is 16.6. The third-order valence-electron chi connectivity index (χ3n) is 2.36. The Kier molecular flexibility index (Phi) is 6.15. The van der Waals surface area contributed by atoms with Gasteiger partial charge in [-0.2, -0.15) is 0 Å². The Hall–Kier alpha value is -2.30. The van der Waals surface area contributed by atoms with Crippen LogP contribution < -0.4 is 4.74 Å². The van der Waals surface area contributed by atoms with E-state index in [0.29, 0.717) is 12.3 Å². The van der Waals surface area contributed by atoms with E-state index in [-0.39, 0.29) is 13.2 Å². The molecule has 0 saturated carbocycles. The first-order valence-electron chi connectivity index (χ1n) is 5.98. The molecule has 0 aliphatic carbocycles. The molecule has 5 heteroatoms. The molecule has 19 heavy (non-hydrogen) atoms. The van der Waals surface area contributed by atoms with Crippen molar-refractivity contribution in [3.63, 3.8) is 0 Å². The lowest BCUT2D eigenvalue weighted by Gasteiger charge is -2.19. The van der Waals surface area contributed by atoms with Gasteiger partial charge in [0.1, 0.15) is 12.4 Å². The fraction of sp³-hybridized carbons (Fsp3) is 0.286. The highest BCUT2D eigenvalue weighted by Gasteiger charge is 2.14. The second kappa shape index (κ2) is 7.92. The largest absolute Gasteiger partial charge is 0.461 e. The molecule has 1 aromatic carbocycles. The van der Waals surface area contributed by atoms with E-state index in [0.717, 1.165) is 6.08 Å². The first-order chi connectivity index (χ1) is 9.17. The first-order valence-corrected chi connectivity index (χ1v) is 5.98. The van der Waals surface area contributed by atoms with Gasteiger partial charge in [-0.15, -0.1) is 0 Å². The average molecular weight is 263 g/mol. The third kappa shape index (κ3) is 5.25. The van der Waals surface area contributed by atoms with Gasteiger partial charge in [-0.3, -0.25) is 0 Å². The highest BCUT2D eigenvalue weighted by molar-refractivity contribution is 5.81. The quantitative estimate of drug-likeness (QED) is 0.583. The van der Waals surface area contributed by atoms with E-state index in [2.05, 4.69) is 6.58 Å². The number of carbonyl (C=O) groups excluding carboxylic acids is 2. The summed E-state index contributed by atoms with van der Waals surface area (Å²) in [4.78, 5) is 24.1. The zero-order valence-electron chi connectivity index (χ0n) is 10.9. The fourth-order valence-electron chi connectivity index (χ4n) is 1.35. The summed E-state index contributed by atoms with van der Waals surface area (Å²) < 4.78 is 10.00. The van der Waals surface area contributed by atoms with E-state index in [1.165, 1.54) is 4.90 Å². The van der Waals surface area contributed by atoms with E-state index in [9.17, 15) is 9.59 Å². The number of hydrogen-bond acceptors (Lipinski definition) is 4. The predicted molar refractivity (Wildman–Crippen MR) is 70.9 cm³/mol. The molecule has 0 N–H and O–H groups in total. The molecule has 0 bridgehead atoms. The van der Waals surface area contributed by atoms with Crippen LogP contribution in [0.1, 0.15) is 6.92 Å². The maximum Gasteiger partial charge on any atom is 0.415 e. The number of benzene rings is 1. The highest BCUT2D eigenvalue weighted by Crippen LogP contribution is 2.10. The molecule has 0 spiro atoms. The SMILES string of the molecule is C=CC(=O)OCCN(CC)C(=O)Oc1ccccc1. The van der Waals surface area contributed by atoms with Crippen LogP contribution in [0, 0.1) is 0 Å². The summed E-state index contributed by atoms with van der Waals surface area (Å²) in [5, 5.41) is 0. The van der Waals surface area contributed by atoms with E-state index in [4.69, 9.17) is 9.47 Å². The van der Waals surface area contributed by atoms with Gasteiger partial charge >= 0.3 is 12.1 Å². The van der Waals surface area contributed by atoms with Gasteiger partial charge in [0, 0.05) is 12.6 Å². The number of rotatable bonds is 6. The van der Waals surface area contributed by atoms with Crippen LogP contribution in [0.5, 0.6) is 5.75 Å². The van der Waals surface area contributed by atoms with Crippen molar-refractivity contribution in [2.75, 3.05) is 19.7 Å². The van der Waals surface area contributed by atoms with E-state index < -0.39 is 12.1 Å². The van der Waals surface area contributed by atoms with Crippen LogP contribution in [-0.4, -0.2) is 36.7 Å². The predicted octanol–water partition coefficient (Wildman–Crippen LogP) is 2.24. The number of likely N-dealkylation sites (N-methyl/N-ethyl adjacent to an activating group) is 1. The van der Waals surface area contributed by atoms with Crippen molar-refractivity contribution in [3.05, 3.63) is 43.0 Å². The van der Waals surface area contributed by atoms with E-state index in [1.54, 1.807) is 24.3 Å². The van der Waals surface area contributed by atoms with Crippen LogP contribution in [-0.2, 0) is 9.53 Å². The Morgan fingerprint density at radius 2 is 2.00 bits per heavy atom. The van der Waals surface area contributed by atoms with Crippen molar-refractivity contribution >= 4 is 12.1 Å². The summed E-state index contributed by atoms with van der Waals surface area (Å²) in [5.74, 6) is -0.0264. The van der Waals surface area contributed by atoms with Crippen LogP contribution in [0.25, 0.3) is 0 Å². The van der Waals surface area contributed by atoms with Gasteiger partial charge in [0.25, 0.3) is 0 Å². The van der Waals surface area contributed by atoms with Crippen molar-refractivity contribution in [3.8, 4) is 5.75 Å². The van der Waals surface area contributed by atoms with Crippen molar-refractivity contribution < 1.29 is 19.1 Å². The zero-order valence-corrected chi connectivity index (χ0v) is 10.9. The molecule has 0 saturated heterocycles. The number of carbonyl (C=O) groups is 2. The van der Waals surface area contributed by atoms with Crippen molar-refractivity contribution in [2.45, 2.75) is 6.92 Å². The number of ether oxygens (including phenoxy) is 2. The van der Waals surface area contributed by atoms with Crippen LogP contribution >= 0.6 is 0 Å². The minimum absolute atomic E-state index is 0.114. The van der Waals surface area contributed by atoms with Gasteiger partial charge in [0.15, 0.2) is 0 Å². The number of nitrogens with zero attached hydrogens (tertiary/aromatic N) is 1. The maximum absolute atomic E-state index is 11.8. The molecule has 0 atom stereocenters. The first kappa shape index (κ1) is 14.8. The van der Waals surface area contributed by atoms with Gasteiger partial charge in [0.05, 0.1) is 6.54 Å².